The van der Waals surface area contributed by atoms with Gasteiger partial charge in [0, 0.05) is 6.54 Å². The van der Waals surface area contributed by atoms with Gasteiger partial charge in [0.15, 0.2) is 0 Å². The zero-order valence-electron chi connectivity index (χ0n) is 12.4. The van der Waals surface area contributed by atoms with Gasteiger partial charge in [-0.1, -0.05) is 33.8 Å². The number of anilines is 1. The molecule has 0 heterocycles. The lowest BCUT2D eigenvalue weighted by Crippen LogP contribution is -2.24. The standard InChI is InChI=1S/C15H21N3O2/c1-10(2)13(11(3)4)9-17-14-7-5-6-12(8-16)15(14)18(19)20/h5-7,10-11,13,17H,9H2,1-4H3. The van der Waals surface area contributed by atoms with E-state index in [0.29, 0.717) is 30.0 Å². The molecule has 1 aromatic rings. The van der Waals surface area contributed by atoms with E-state index in [1.54, 1.807) is 12.1 Å². The van der Waals surface area contributed by atoms with Crippen LogP contribution < -0.4 is 5.32 Å². The fraction of sp³-hybridized carbons (Fsp3) is 0.533. The fourth-order valence-corrected chi connectivity index (χ4v) is 2.44. The number of hydrogen-bond donors (Lipinski definition) is 1. The predicted molar refractivity (Wildman–Crippen MR) is 79.5 cm³/mol. The molecule has 0 radical (unpaired) electrons. The summed E-state index contributed by atoms with van der Waals surface area (Å²) in [5.74, 6) is 1.39. The van der Waals surface area contributed by atoms with Gasteiger partial charge in [0.25, 0.3) is 0 Å². The second-order valence-electron chi connectivity index (χ2n) is 5.60. The third-order valence-corrected chi connectivity index (χ3v) is 3.58. The minimum absolute atomic E-state index is 0.0886. The van der Waals surface area contributed by atoms with E-state index in [9.17, 15) is 10.1 Å². The molecule has 0 aromatic heterocycles. The monoisotopic (exact) mass is 275 g/mol. The van der Waals surface area contributed by atoms with Gasteiger partial charge in [-0.15, -0.1) is 0 Å². The van der Waals surface area contributed by atoms with E-state index >= 15 is 0 Å². The highest BCUT2D eigenvalue weighted by atomic mass is 16.6. The molecular formula is C15H21N3O2. The average molecular weight is 275 g/mol. The number of nitrogens with zero attached hydrogens (tertiary/aromatic N) is 2. The number of benzene rings is 1. The number of nitrogens with one attached hydrogen (secondary N) is 1. The quantitative estimate of drug-likeness (QED) is 0.632. The molecule has 0 atom stereocenters. The second kappa shape index (κ2) is 6.90. The Labute approximate surface area is 119 Å². The van der Waals surface area contributed by atoms with Crippen LogP contribution in [0.1, 0.15) is 33.3 Å². The fourth-order valence-electron chi connectivity index (χ4n) is 2.44. The summed E-state index contributed by atoms with van der Waals surface area (Å²) < 4.78 is 0. The van der Waals surface area contributed by atoms with Gasteiger partial charge in [-0.3, -0.25) is 10.1 Å². The van der Waals surface area contributed by atoms with Gasteiger partial charge in [0.1, 0.15) is 17.3 Å². The molecule has 0 saturated heterocycles. The number of nitro groups is 1. The minimum atomic E-state index is -0.499. The lowest BCUT2D eigenvalue weighted by Gasteiger charge is -2.25. The molecule has 1 rings (SSSR count). The first kappa shape index (κ1) is 16.0. The molecule has 0 spiro atoms. The first-order chi connectivity index (χ1) is 9.38. The van der Waals surface area contributed by atoms with Crippen LogP contribution in [0.5, 0.6) is 0 Å². The first-order valence-corrected chi connectivity index (χ1v) is 6.79. The lowest BCUT2D eigenvalue weighted by molar-refractivity contribution is -0.384. The van der Waals surface area contributed by atoms with Crippen molar-refractivity contribution in [3.63, 3.8) is 0 Å². The van der Waals surface area contributed by atoms with Gasteiger partial charge in [0.05, 0.1) is 4.92 Å². The summed E-state index contributed by atoms with van der Waals surface area (Å²) in [6.07, 6.45) is 0. The van der Waals surface area contributed by atoms with E-state index in [4.69, 9.17) is 5.26 Å². The van der Waals surface area contributed by atoms with E-state index in [1.807, 2.05) is 6.07 Å². The van der Waals surface area contributed by atoms with Crippen molar-refractivity contribution in [3.8, 4) is 6.07 Å². The number of rotatable bonds is 6. The van der Waals surface area contributed by atoms with Crippen molar-refractivity contribution in [2.45, 2.75) is 27.7 Å². The van der Waals surface area contributed by atoms with Crippen LogP contribution in [0.25, 0.3) is 0 Å². The normalized spacial score (nSPS) is 10.9. The van der Waals surface area contributed by atoms with Crippen molar-refractivity contribution in [1.29, 1.82) is 5.26 Å². The highest BCUT2D eigenvalue weighted by Crippen LogP contribution is 2.29. The summed E-state index contributed by atoms with van der Waals surface area (Å²) in [7, 11) is 0. The number of para-hydroxylation sites is 1. The Hall–Kier alpha value is -2.09. The molecule has 1 N–H and O–H groups in total. The molecule has 0 aliphatic carbocycles. The molecule has 0 fully saturated rings. The summed E-state index contributed by atoms with van der Waals surface area (Å²) in [5, 5.41) is 23.2. The molecule has 5 nitrogen and oxygen atoms in total. The molecule has 1 aromatic carbocycles. The zero-order chi connectivity index (χ0) is 15.3. The topological polar surface area (TPSA) is 79.0 Å². The summed E-state index contributed by atoms with van der Waals surface area (Å²) >= 11 is 0. The first-order valence-electron chi connectivity index (χ1n) is 6.79. The summed E-state index contributed by atoms with van der Waals surface area (Å²) in [6, 6.07) is 6.64. The molecule has 0 amide bonds. The molecule has 108 valence electrons. The van der Waals surface area contributed by atoms with Gasteiger partial charge in [-0.2, -0.15) is 5.26 Å². The third kappa shape index (κ3) is 3.70. The van der Waals surface area contributed by atoms with Crippen LogP contribution in [0.3, 0.4) is 0 Å². The van der Waals surface area contributed by atoms with Crippen molar-refractivity contribution in [1.82, 2.24) is 0 Å². The summed E-state index contributed by atoms with van der Waals surface area (Å²) in [6.45, 7) is 9.24. The van der Waals surface area contributed by atoms with Crippen LogP contribution in [0.15, 0.2) is 18.2 Å². The molecular weight excluding hydrogens is 254 g/mol. The van der Waals surface area contributed by atoms with Gasteiger partial charge in [-0.05, 0) is 29.9 Å². The number of nitriles is 1. The van der Waals surface area contributed by atoms with E-state index in [1.165, 1.54) is 6.07 Å². The maximum absolute atomic E-state index is 11.1. The van der Waals surface area contributed by atoms with Crippen LogP contribution in [0.4, 0.5) is 11.4 Å². The van der Waals surface area contributed by atoms with Crippen LogP contribution in [0.2, 0.25) is 0 Å². The van der Waals surface area contributed by atoms with Crippen LogP contribution in [-0.2, 0) is 0 Å². The molecule has 0 unspecified atom stereocenters. The van der Waals surface area contributed by atoms with Gasteiger partial charge >= 0.3 is 5.69 Å². The van der Waals surface area contributed by atoms with E-state index in [0.717, 1.165) is 0 Å². The zero-order valence-corrected chi connectivity index (χ0v) is 12.4. The van der Waals surface area contributed by atoms with Gasteiger partial charge in [-0.25, -0.2) is 0 Å². The van der Waals surface area contributed by atoms with Gasteiger partial charge in [0.2, 0.25) is 0 Å². The molecule has 0 saturated carbocycles. The Balaban J connectivity index is 2.99. The molecule has 0 aliphatic rings. The van der Waals surface area contributed by atoms with Crippen LogP contribution >= 0.6 is 0 Å². The van der Waals surface area contributed by atoms with Crippen molar-refractivity contribution < 1.29 is 4.92 Å². The Kier molecular flexibility index (Phi) is 5.51. The molecule has 20 heavy (non-hydrogen) atoms. The lowest BCUT2D eigenvalue weighted by atomic mass is 9.85. The van der Waals surface area contributed by atoms with Gasteiger partial charge < -0.3 is 5.32 Å². The molecule has 0 aliphatic heterocycles. The Morgan fingerprint density at radius 1 is 1.30 bits per heavy atom. The average Bonchev–Trinajstić information content (AvgIpc) is 2.37. The largest absolute Gasteiger partial charge is 0.379 e. The van der Waals surface area contributed by atoms with Crippen molar-refractivity contribution in [3.05, 3.63) is 33.9 Å². The van der Waals surface area contributed by atoms with E-state index in [2.05, 4.69) is 33.0 Å². The van der Waals surface area contributed by atoms with E-state index < -0.39 is 4.92 Å². The van der Waals surface area contributed by atoms with Crippen molar-refractivity contribution in [2.24, 2.45) is 17.8 Å². The Morgan fingerprint density at radius 2 is 1.90 bits per heavy atom. The third-order valence-electron chi connectivity index (χ3n) is 3.58. The molecule has 5 heteroatoms. The highest BCUT2D eigenvalue weighted by molar-refractivity contribution is 5.68. The van der Waals surface area contributed by atoms with Crippen molar-refractivity contribution >= 4 is 11.4 Å². The smallest absolute Gasteiger partial charge is 0.309 e. The maximum Gasteiger partial charge on any atom is 0.309 e. The van der Waals surface area contributed by atoms with E-state index in [-0.39, 0.29) is 11.3 Å². The van der Waals surface area contributed by atoms with Crippen molar-refractivity contribution in [2.75, 3.05) is 11.9 Å². The number of hydrogen-bond acceptors (Lipinski definition) is 4. The Morgan fingerprint density at radius 3 is 2.35 bits per heavy atom. The number of nitro benzene ring substituents is 1. The Bertz CT molecular complexity index is 510. The van der Waals surface area contributed by atoms with Crippen LogP contribution in [-0.4, -0.2) is 11.5 Å². The minimum Gasteiger partial charge on any atom is -0.379 e. The molecule has 0 bridgehead atoms. The SMILES string of the molecule is CC(C)C(CNc1cccc(C#N)c1[N+](=O)[O-])C(C)C. The second-order valence-corrected chi connectivity index (χ2v) is 5.60. The predicted octanol–water partition coefficient (Wildman–Crippen LogP) is 3.81. The highest BCUT2D eigenvalue weighted by Gasteiger charge is 2.22. The summed E-state index contributed by atoms with van der Waals surface area (Å²) in [5.41, 5.74) is 0.368. The van der Waals surface area contributed by atoms with Crippen LogP contribution in [0, 0.1) is 39.2 Å². The summed E-state index contributed by atoms with van der Waals surface area (Å²) in [4.78, 5) is 10.6. The maximum atomic E-state index is 11.1.